The minimum atomic E-state index is -1.27. The largest absolute Gasteiger partial charge is 0.378 e. The third-order valence-electron chi connectivity index (χ3n) is 3.16. The van der Waals surface area contributed by atoms with Gasteiger partial charge in [0.15, 0.2) is 0 Å². The SMILES string of the molecule is CC.CC(=O)NCC(F)C(C)(C)OCCOCCOCCNC(C)C.[HH].[HH]. The van der Waals surface area contributed by atoms with Crippen LogP contribution in [0.5, 0.6) is 0 Å². The van der Waals surface area contributed by atoms with Gasteiger partial charge in [0.05, 0.1) is 45.2 Å². The highest BCUT2D eigenvalue weighted by atomic mass is 19.1. The van der Waals surface area contributed by atoms with Crippen LogP contribution in [0.3, 0.4) is 0 Å². The van der Waals surface area contributed by atoms with E-state index in [2.05, 4.69) is 24.5 Å². The summed E-state index contributed by atoms with van der Waals surface area (Å²) in [5.41, 5.74) is -0.967. The molecule has 0 aliphatic heterocycles. The molecule has 0 radical (unpaired) electrons. The van der Waals surface area contributed by atoms with Crippen LogP contribution in [-0.2, 0) is 19.0 Å². The first-order chi connectivity index (χ1) is 11.8. The Morgan fingerprint density at radius 3 is 2.12 bits per heavy atom. The smallest absolute Gasteiger partial charge is 0.216 e. The minimum Gasteiger partial charge on any atom is -0.378 e. The number of rotatable bonds is 14. The summed E-state index contributed by atoms with van der Waals surface area (Å²) in [6.45, 7) is 15.9. The lowest BCUT2D eigenvalue weighted by atomic mass is 10.0. The zero-order chi connectivity index (χ0) is 19.7. The van der Waals surface area contributed by atoms with Gasteiger partial charge in [-0.25, -0.2) is 4.39 Å². The number of halogens is 1. The van der Waals surface area contributed by atoms with E-state index < -0.39 is 11.8 Å². The van der Waals surface area contributed by atoms with Gasteiger partial charge in [-0.2, -0.15) is 0 Å². The molecule has 2 N–H and O–H groups in total. The molecule has 0 aromatic heterocycles. The van der Waals surface area contributed by atoms with Gasteiger partial charge < -0.3 is 24.8 Å². The van der Waals surface area contributed by atoms with Gasteiger partial charge in [-0.05, 0) is 13.8 Å². The maximum absolute atomic E-state index is 13.9. The van der Waals surface area contributed by atoms with E-state index in [1.165, 1.54) is 6.92 Å². The molecule has 0 spiro atoms. The Labute approximate surface area is 156 Å². The molecule has 1 atom stereocenters. The first-order valence-electron chi connectivity index (χ1n) is 9.17. The summed E-state index contributed by atoms with van der Waals surface area (Å²) in [4.78, 5) is 10.8. The van der Waals surface area contributed by atoms with E-state index in [0.717, 1.165) is 6.54 Å². The third kappa shape index (κ3) is 17.8. The Bertz CT molecular complexity index is 326. The average molecular weight is 371 g/mol. The maximum atomic E-state index is 13.9. The predicted molar refractivity (Wildman–Crippen MR) is 104 cm³/mol. The normalized spacial score (nSPS) is 12.5. The fourth-order valence-corrected chi connectivity index (χ4v) is 1.67. The second kappa shape index (κ2) is 16.7. The molecule has 7 heteroatoms. The molecule has 0 heterocycles. The number of hydrogen-bond acceptors (Lipinski definition) is 5. The lowest BCUT2D eigenvalue weighted by Gasteiger charge is -2.29. The fraction of sp³-hybridized carbons (Fsp3) is 0.944. The minimum absolute atomic E-state index is 0. The second-order valence-corrected chi connectivity index (χ2v) is 6.19. The Balaban J connectivity index is -0.000000637. The summed E-state index contributed by atoms with van der Waals surface area (Å²) in [7, 11) is 0. The Kier molecular flexibility index (Phi) is 17.7. The lowest BCUT2D eigenvalue weighted by molar-refractivity contribution is -0.120. The van der Waals surface area contributed by atoms with Crippen molar-refractivity contribution in [1.82, 2.24) is 10.6 Å². The zero-order valence-corrected chi connectivity index (χ0v) is 17.1. The van der Waals surface area contributed by atoms with Gasteiger partial charge in [0.25, 0.3) is 0 Å². The van der Waals surface area contributed by atoms with Crippen LogP contribution in [0.15, 0.2) is 0 Å². The summed E-state index contributed by atoms with van der Waals surface area (Å²) < 4.78 is 30.2. The van der Waals surface area contributed by atoms with Gasteiger partial charge in [-0.15, -0.1) is 0 Å². The molecule has 0 aliphatic carbocycles. The van der Waals surface area contributed by atoms with Gasteiger partial charge in [-0.3, -0.25) is 4.79 Å². The van der Waals surface area contributed by atoms with E-state index in [0.29, 0.717) is 39.1 Å². The summed E-state index contributed by atoms with van der Waals surface area (Å²) in [6, 6.07) is 0.459. The van der Waals surface area contributed by atoms with Crippen molar-refractivity contribution in [1.29, 1.82) is 0 Å². The van der Waals surface area contributed by atoms with Crippen molar-refractivity contribution < 1.29 is 26.2 Å². The summed E-state index contributed by atoms with van der Waals surface area (Å²) in [5.74, 6) is -0.254. The highest BCUT2D eigenvalue weighted by Gasteiger charge is 2.30. The summed E-state index contributed by atoms with van der Waals surface area (Å²) in [5, 5.41) is 5.70. The fourth-order valence-electron chi connectivity index (χ4n) is 1.67. The molecule has 1 unspecified atom stereocenters. The van der Waals surface area contributed by atoms with E-state index in [1.54, 1.807) is 13.8 Å². The lowest BCUT2D eigenvalue weighted by Crippen LogP contribution is -2.44. The van der Waals surface area contributed by atoms with Crippen LogP contribution in [0.4, 0.5) is 4.39 Å². The molecule has 0 saturated carbocycles. The molecule has 0 fully saturated rings. The molecule has 25 heavy (non-hydrogen) atoms. The van der Waals surface area contributed by atoms with Crippen molar-refractivity contribution in [3.63, 3.8) is 0 Å². The molecule has 0 aliphatic rings. The van der Waals surface area contributed by atoms with Crippen LogP contribution in [-0.4, -0.2) is 69.8 Å². The van der Waals surface area contributed by atoms with E-state index in [-0.39, 0.29) is 15.3 Å². The molecule has 0 aromatic rings. The monoisotopic (exact) mass is 370 g/mol. The Hall–Kier alpha value is -0.760. The highest BCUT2D eigenvalue weighted by molar-refractivity contribution is 5.72. The number of carbonyl (C=O) groups excluding carboxylic acids is 1. The number of carbonyl (C=O) groups is 1. The van der Waals surface area contributed by atoms with Crippen molar-refractivity contribution in [2.45, 2.75) is 66.3 Å². The first kappa shape index (κ1) is 26.5. The zero-order valence-electron chi connectivity index (χ0n) is 17.1. The molecule has 156 valence electrons. The van der Waals surface area contributed by atoms with Crippen molar-refractivity contribution in [3.05, 3.63) is 0 Å². The molecule has 0 aromatic carbocycles. The summed E-state index contributed by atoms with van der Waals surface area (Å²) in [6.07, 6.45) is -1.27. The Morgan fingerprint density at radius 1 is 1.08 bits per heavy atom. The number of amides is 1. The number of alkyl halides is 1. The van der Waals surface area contributed by atoms with E-state index in [9.17, 15) is 9.18 Å². The third-order valence-corrected chi connectivity index (χ3v) is 3.16. The topological polar surface area (TPSA) is 68.8 Å². The van der Waals surface area contributed by atoms with Crippen molar-refractivity contribution in [2.24, 2.45) is 0 Å². The standard InChI is InChI=1S/C16H33FN2O4.C2H6.2H2/c1-13(2)18-6-7-21-8-9-22-10-11-23-16(4,5)15(17)12-19-14(3)20;1-2;;/h13,15,18H,6-12H2,1-5H3,(H,19,20);1-2H3;2*1H. The van der Waals surface area contributed by atoms with Crippen molar-refractivity contribution in [2.75, 3.05) is 46.1 Å². The number of nitrogens with one attached hydrogen (secondary N) is 2. The molecule has 0 rings (SSSR count). The van der Waals surface area contributed by atoms with Crippen LogP contribution in [0.2, 0.25) is 0 Å². The summed E-state index contributed by atoms with van der Waals surface area (Å²) >= 11 is 0. The number of hydrogen-bond donors (Lipinski definition) is 2. The quantitative estimate of drug-likeness (QED) is 0.460. The van der Waals surface area contributed by atoms with Crippen LogP contribution >= 0.6 is 0 Å². The van der Waals surface area contributed by atoms with Crippen LogP contribution in [0, 0.1) is 0 Å². The molecule has 0 bridgehead atoms. The highest BCUT2D eigenvalue weighted by Crippen LogP contribution is 2.17. The van der Waals surface area contributed by atoms with E-state index in [4.69, 9.17) is 14.2 Å². The van der Waals surface area contributed by atoms with Crippen LogP contribution in [0.1, 0.15) is 51.3 Å². The number of ether oxygens (including phenoxy) is 3. The van der Waals surface area contributed by atoms with Crippen LogP contribution in [0.25, 0.3) is 0 Å². The van der Waals surface area contributed by atoms with Crippen molar-refractivity contribution in [3.8, 4) is 0 Å². The molecular weight excluding hydrogens is 327 g/mol. The van der Waals surface area contributed by atoms with Gasteiger partial charge in [-0.1, -0.05) is 27.7 Å². The predicted octanol–water partition coefficient (Wildman–Crippen LogP) is 2.81. The molecule has 6 nitrogen and oxygen atoms in total. The first-order valence-corrected chi connectivity index (χ1v) is 9.17. The van der Waals surface area contributed by atoms with Gasteiger partial charge in [0.2, 0.25) is 5.91 Å². The van der Waals surface area contributed by atoms with E-state index in [1.807, 2.05) is 13.8 Å². The van der Waals surface area contributed by atoms with E-state index >= 15 is 0 Å². The van der Waals surface area contributed by atoms with Crippen LogP contribution < -0.4 is 10.6 Å². The second-order valence-electron chi connectivity index (χ2n) is 6.19. The Morgan fingerprint density at radius 2 is 1.60 bits per heavy atom. The van der Waals surface area contributed by atoms with Gasteiger partial charge >= 0.3 is 0 Å². The van der Waals surface area contributed by atoms with Crippen molar-refractivity contribution >= 4 is 5.91 Å². The van der Waals surface area contributed by atoms with Gasteiger partial charge in [0, 0.05) is 22.4 Å². The average Bonchev–Trinajstić information content (AvgIpc) is 2.55. The molecule has 0 saturated heterocycles. The van der Waals surface area contributed by atoms with Gasteiger partial charge in [0.1, 0.15) is 6.17 Å². The molecule has 1 amide bonds. The molecular formula is C18H43FN2O4. The maximum Gasteiger partial charge on any atom is 0.216 e.